The first-order valence-corrected chi connectivity index (χ1v) is 6.82. The van der Waals surface area contributed by atoms with E-state index in [2.05, 4.69) is 15.6 Å². The van der Waals surface area contributed by atoms with Crippen LogP contribution in [-0.4, -0.2) is 57.9 Å². The maximum Gasteiger partial charge on any atom is 0.276 e. The molecule has 1 saturated heterocycles. The highest BCUT2D eigenvalue weighted by Gasteiger charge is 2.24. The predicted molar refractivity (Wildman–Crippen MR) is 71.9 cm³/mol. The van der Waals surface area contributed by atoms with Gasteiger partial charge in [0.25, 0.3) is 5.91 Å². The Morgan fingerprint density at radius 3 is 2.85 bits per heavy atom. The number of primary amides is 1. The van der Waals surface area contributed by atoms with Crippen LogP contribution in [0.4, 0.5) is 0 Å². The second kappa shape index (κ2) is 6.47. The first kappa shape index (κ1) is 14.4. The fourth-order valence-corrected chi connectivity index (χ4v) is 1.97. The molecule has 0 bridgehead atoms. The molecule has 0 radical (unpaired) electrons. The molecule has 0 spiro atoms. The lowest BCUT2D eigenvalue weighted by molar-refractivity contribution is -0.118. The highest BCUT2D eigenvalue weighted by molar-refractivity contribution is 5.94. The molecule has 1 aromatic rings. The molecule has 3 N–H and O–H groups in total. The topological polar surface area (TPSA) is 106 Å². The van der Waals surface area contributed by atoms with Gasteiger partial charge in [-0.05, 0) is 6.42 Å². The highest BCUT2D eigenvalue weighted by Crippen LogP contribution is 2.11. The summed E-state index contributed by atoms with van der Waals surface area (Å²) in [6.07, 6.45) is 3.39. The minimum absolute atomic E-state index is 0.0866. The van der Waals surface area contributed by atoms with E-state index < -0.39 is 5.91 Å². The number of carbonyl (C=O) groups is 2. The summed E-state index contributed by atoms with van der Waals surface area (Å²) in [6.45, 7) is 4.09. The molecule has 2 amide bonds. The highest BCUT2D eigenvalue weighted by atomic mass is 16.2. The van der Waals surface area contributed by atoms with E-state index in [0.717, 1.165) is 25.9 Å². The summed E-state index contributed by atoms with van der Waals surface area (Å²) in [5, 5.41) is 11.0. The van der Waals surface area contributed by atoms with E-state index in [1.165, 1.54) is 4.90 Å². The molecule has 8 nitrogen and oxygen atoms in total. The van der Waals surface area contributed by atoms with Gasteiger partial charge in [0.1, 0.15) is 0 Å². The van der Waals surface area contributed by atoms with Crippen molar-refractivity contribution in [3.63, 3.8) is 0 Å². The smallest absolute Gasteiger partial charge is 0.276 e. The molecule has 0 aromatic carbocycles. The van der Waals surface area contributed by atoms with Gasteiger partial charge in [0.05, 0.1) is 18.8 Å². The summed E-state index contributed by atoms with van der Waals surface area (Å²) in [6, 6.07) is 0.254. The number of nitrogens with zero attached hydrogens (tertiary/aromatic N) is 4. The van der Waals surface area contributed by atoms with Crippen molar-refractivity contribution in [1.82, 2.24) is 25.2 Å². The summed E-state index contributed by atoms with van der Waals surface area (Å²) in [7, 11) is 0. The van der Waals surface area contributed by atoms with Gasteiger partial charge in [0, 0.05) is 19.6 Å². The van der Waals surface area contributed by atoms with E-state index in [9.17, 15) is 9.59 Å². The third kappa shape index (κ3) is 3.32. The Balaban J connectivity index is 2.04. The Morgan fingerprint density at radius 1 is 1.55 bits per heavy atom. The second-order valence-electron chi connectivity index (χ2n) is 4.94. The number of unbranched alkanes of at least 4 members (excludes halogenated alkanes) is 1. The molecule has 1 aromatic heterocycles. The number of nitrogens with one attached hydrogen (secondary N) is 1. The normalized spacial score (nSPS) is 14.8. The summed E-state index contributed by atoms with van der Waals surface area (Å²) < 4.78 is 1.69. The van der Waals surface area contributed by atoms with Crippen molar-refractivity contribution < 1.29 is 9.59 Å². The SMILES string of the molecule is CCCCN(CC(N)=O)C(=O)c1cn(C2CNC2)nn1. The van der Waals surface area contributed by atoms with Gasteiger partial charge in [-0.3, -0.25) is 9.59 Å². The van der Waals surface area contributed by atoms with Crippen LogP contribution in [0.1, 0.15) is 36.3 Å². The molecule has 8 heteroatoms. The summed E-state index contributed by atoms with van der Waals surface area (Å²) in [5.74, 6) is -0.819. The number of nitrogens with two attached hydrogens (primary N) is 1. The molecular weight excluding hydrogens is 260 g/mol. The van der Waals surface area contributed by atoms with Crippen LogP contribution in [0.3, 0.4) is 0 Å². The van der Waals surface area contributed by atoms with Gasteiger partial charge in [-0.1, -0.05) is 18.6 Å². The number of carbonyl (C=O) groups excluding carboxylic acids is 2. The average molecular weight is 280 g/mol. The van der Waals surface area contributed by atoms with Crippen molar-refractivity contribution in [1.29, 1.82) is 0 Å². The van der Waals surface area contributed by atoms with Gasteiger partial charge in [0.15, 0.2) is 5.69 Å². The van der Waals surface area contributed by atoms with Crippen molar-refractivity contribution in [3.8, 4) is 0 Å². The second-order valence-corrected chi connectivity index (χ2v) is 4.94. The maximum absolute atomic E-state index is 12.3. The van der Waals surface area contributed by atoms with Crippen LogP contribution < -0.4 is 11.1 Å². The first-order chi connectivity index (χ1) is 9.61. The van der Waals surface area contributed by atoms with E-state index in [-0.39, 0.29) is 24.2 Å². The summed E-state index contributed by atoms with van der Waals surface area (Å²) in [5.41, 5.74) is 5.44. The standard InChI is InChI=1S/C12H20N6O2/c1-2-3-4-17(8-11(13)19)12(20)10-7-18(16-15-10)9-5-14-6-9/h7,9,14H,2-6,8H2,1H3,(H2,13,19). The van der Waals surface area contributed by atoms with Gasteiger partial charge in [-0.15, -0.1) is 5.10 Å². The molecule has 0 unspecified atom stereocenters. The summed E-state index contributed by atoms with van der Waals surface area (Å²) in [4.78, 5) is 24.8. The zero-order valence-electron chi connectivity index (χ0n) is 11.6. The number of aromatic nitrogens is 3. The molecule has 110 valence electrons. The minimum atomic E-state index is -0.523. The van der Waals surface area contributed by atoms with Crippen LogP contribution in [0.5, 0.6) is 0 Å². The van der Waals surface area contributed by atoms with Gasteiger partial charge in [-0.2, -0.15) is 0 Å². The minimum Gasteiger partial charge on any atom is -0.368 e. The Bertz CT molecular complexity index is 482. The fourth-order valence-electron chi connectivity index (χ4n) is 1.97. The lowest BCUT2D eigenvalue weighted by Gasteiger charge is -2.26. The van der Waals surface area contributed by atoms with E-state index in [4.69, 9.17) is 5.73 Å². The number of rotatable bonds is 7. The summed E-state index contributed by atoms with van der Waals surface area (Å²) >= 11 is 0. The lowest BCUT2D eigenvalue weighted by Crippen LogP contribution is -2.43. The monoisotopic (exact) mass is 280 g/mol. The number of amides is 2. The van der Waals surface area contributed by atoms with Crippen molar-refractivity contribution in [2.75, 3.05) is 26.2 Å². The first-order valence-electron chi connectivity index (χ1n) is 6.82. The molecule has 2 heterocycles. The van der Waals surface area contributed by atoms with Gasteiger partial charge >= 0.3 is 0 Å². The molecular formula is C12H20N6O2. The molecule has 0 aliphatic carbocycles. The zero-order chi connectivity index (χ0) is 14.5. The molecule has 20 heavy (non-hydrogen) atoms. The lowest BCUT2D eigenvalue weighted by atomic mass is 10.2. The van der Waals surface area contributed by atoms with Crippen molar-refractivity contribution >= 4 is 11.8 Å². The van der Waals surface area contributed by atoms with Crippen LogP contribution in [-0.2, 0) is 4.79 Å². The van der Waals surface area contributed by atoms with Gasteiger partial charge in [0.2, 0.25) is 5.91 Å². The zero-order valence-corrected chi connectivity index (χ0v) is 11.6. The number of hydrogen-bond donors (Lipinski definition) is 2. The third-order valence-electron chi connectivity index (χ3n) is 3.28. The Kier molecular flexibility index (Phi) is 4.67. The maximum atomic E-state index is 12.3. The van der Waals surface area contributed by atoms with E-state index in [1.807, 2.05) is 6.92 Å². The largest absolute Gasteiger partial charge is 0.368 e. The van der Waals surface area contributed by atoms with Crippen molar-refractivity contribution in [3.05, 3.63) is 11.9 Å². The van der Waals surface area contributed by atoms with E-state index >= 15 is 0 Å². The Hall–Kier alpha value is -1.96. The van der Waals surface area contributed by atoms with Crippen molar-refractivity contribution in [2.45, 2.75) is 25.8 Å². The molecule has 2 rings (SSSR count). The fraction of sp³-hybridized carbons (Fsp3) is 0.667. The third-order valence-corrected chi connectivity index (χ3v) is 3.28. The van der Waals surface area contributed by atoms with E-state index in [0.29, 0.717) is 6.54 Å². The average Bonchev–Trinajstić information content (AvgIpc) is 2.80. The van der Waals surface area contributed by atoms with Crippen LogP contribution >= 0.6 is 0 Å². The Morgan fingerprint density at radius 2 is 2.30 bits per heavy atom. The van der Waals surface area contributed by atoms with Gasteiger partial charge < -0.3 is 16.0 Å². The molecule has 1 aliphatic rings. The molecule has 0 saturated carbocycles. The van der Waals surface area contributed by atoms with E-state index in [1.54, 1.807) is 10.9 Å². The predicted octanol–water partition coefficient (Wildman–Crippen LogP) is -0.850. The van der Waals surface area contributed by atoms with Crippen LogP contribution in [0.15, 0.2) is 6.20 Å². The van der Waals surface area contributed by atoms with Gasteiger partial charge in [-0.25, -0.2) is 4.68 Å². The Labute approximate surface area is 117 Å². The van der Waals surface area contributed by atoms with Crippen LogP contribution in [0, 0.1) is 0 Å². The quantitative estimate of drug-likeness (QED) is 0.676. The molecule has 1 fully saturated rings. The molecule has 0 atom stereocenters. The number of hydrogen-bond acceptors (Lipinski definition) is 5. The van der Waals surface area contributed by atoms with Crippen molar-refractivity contribution in [2.24, 2.45) is 5.73 Å². The molecule has 1 aliphatic heterocycles. The van der Waals surface area contributed by atoms with Crippen LogP contribution in [0.25, 0.3) is 0 Å². The van der Waals surface area contributed by atoms with Crippen LogP contribution in [0.2, 0.25) is 0 Å².